The highest BCUT2D eigenvalue weighted by molar-refractivity contribution is 5.61. The molecule has 0 fully saturated rings. The molecule has 1 aliphatic rings. The number of benzene rings is 1. The van der Waals surface area contributed by atoms with Crippen molar-refractivity contribution in [1.29, 1.82) is 0 Å². The summed E-state index contributed by atoms with van der Waals surface area (Å²) in [5, 5.41) is 0. The quantitative estimate of drug-likeness (QED) is 0.418. The monoisotopic (exact) mass is 410 g/mol. The van der Waals surface area contributed by atoms with Gasteiger partial charge >= 0.3 is 12.3 Å². The first kappa shape index (κ1) is 22.2. The first-order valence-corrected chi connectivity index (χ1v) is 8.86. The molecule has 1 aliphatic heterocycles. The van der Waals surface area contributed by atoms with E-state index in [-0.39, 0.29) is 25.4 Å². The zero-order chi connectivity index (χ0) is 21.2. The predicted molar refractivity (Wildman–Crippen MR) is 95.9 cm³/mol. The Kier molecular flexibility index (Phi) is 8.43. The van der Waals surface area contributed by atoms with Gasteiger partial charge in [-0.25, -0.2) is 18.4 Å². The topological polar surface area (TPSA) is 80.3 Å². The molecule has 1 aromatic carbocycles. The van der Waals surface area contributed by atoms with Crippen molar-refractivity contribution in [1.82, 2.24) is 0 Å². The van der Waals surface area contributed by atoms with Gasteiger partial charge < -0.3 is 23.7 Å². The van der Waals surface area contributed by atoms with Crippen molar-refractivity contribution in [2.45, 2.75) is 32.2 Å². The van der Waals surface area contributed by atoms with Crippen LogP contribution in [0.1, 0.15) is 19.4 Å². The van der Waals surface area contributed by atoms with E-state index in [4.69, 9.17) is 18.9 Å². The van der Waals surface area contributed by atoms with E-state index in [1.165, 1.54) is 18.2 Å². The second-order valence-electron chi connectivity index (χ2n) is 5.63. The van der Waals surface area contributed by atoms with Gasteiger partial charge in [-0.15, -0.1) is 0 Å². The van der Waals surface area contributed by atoms with Crippen molar-refractivity contribution in [3.63, 3.8) is 0 Å². The van der Waals surface area contributed by atoms with Crippen LogP contribution < -0.4 is 0 Å². The van der Waals surface area contributed by atoms with E-state index in [9.17, 15) is 18.4 Å². The van der Waals surface area contributed by atoms with Crippen LogP contribution in [0.5, 0.6) is 0 Å². The van der Waals surface area contributed by atoms with E-state index in [2.05, 4.69) is 16.6 Å². The molecule has 3 atom stereocenters. The molecule has 0 aromatic heterocycles. The highest BCUT2D eigenvalue weighted by Crippen LogP contribution is 2.18. The van der Waals surface area contributed by atoms with E-state index in [1.54, 1.807) is 13.8 Å². The Labute approximate surface area is 166 Å². The van der Waals surface area contributed by atoms with E-state index >= 15 is 0 Å². The highest BCUT2D eigenvalue weighted by Gasteiger charge is 2.31. The molecule has 1 aromatic rings. The van der Waals surface area contributed by atoms with Gasteiger partial charge in [-0.05, 0) is 38.1 Å². The van der Waals surface area contributed by atoms with Crippen molar-refractivity contribution in [3.8, 4) is 11.8 Å². The molecule has 0 radical (unpaired) electrons. The first-order valence-electron chi connectivity index (χ1n) is 8.86. The second kappa shape index (κ2) is 11.0. The fourth-order valence-electron chi connectivity index (χ4n) is 2.29. The van der Waals surface area contributed by atoms with Crippen LogP contribution in [0.2, 0.25) is 0 Å². The SMILES string of the molecule is CCOC(=O)OC[C@H]1O[C@H](C#Cc2ccc(F)cc2F)C=C[C@@H]1OC(=O)OCC. The van der Waals surface area contributed by atoms with Crippen LogP contribution in [0.25, 0.3) is 0 Å². The third-order valence-corrected chi connectivity index (χ3v) is 3.57. The van der Waals surface area contributed by atoms with Gasteiger partial charge in [0.15, 0.2) is 6.10 Å². The predicted octanol–water partition coefficient (Wildman–Crippen LogP) is 3.35. The average Bonchev–Trinajstić information content (AvgIpc) is 2.67. The molecule has 0 saturated carbocycles. The molecular formula is C20H20F2O7. The lowest BCUT2D eigenvalue weighted by molar-refractivity contribution is -0.0865. The molecule has 7 nitrogen and oxygen atoms in total. The van der Waals surface area contributed by atoms with Crippen molar-refractivity contribution in [3.05, 3.63) is 47.5 Å². The molecule has 2 rings (SSSR count). The maximum absolute atomic E-state index is 13.7. The highest BCUT2D eigenvalue weighted by atomic mass is 19.1. The van der Waals surface area contributed by atoms with Crippen molar-refractivity contribution < 1.29 is 42.1 Å². The second-order valence-corrected chi connectivity index (χ2v) is 5.63. The van der Waals surface area contributed by atoms with E-state index in [0.29, 0.717) is 0 Å². The number of hydrogen-bond donors (Lipinski definition) is 0. The maximum atomic E-state index is 13.7. The number of ether oxygens (including phenoxy) is 5. The summed E-state index contributed by atoms with van der Waals surface area (Å²) in [6, 6.07) is 3.02. The molecule has 0 amide bonds. The Morgan fingerprint density at radius 1 is 1.07 bits per heavy atom. The van der Waals surface area contributed by atoms with Crippen LogP contribution in [0.15, 0.2) is 30.4 Å². The fraction of sp³-hybridized carbons (Fsp3) is 0.400. The molecule has 0 unspecified atom stereocenters. The molecule has 9 heteroatoms. The summed E-state index contributed by atoms with van der Waals surface area (Å²) in [7, 11) is 0. The summed E-state index contributed by atoms with van der Waals surface area (Å²) < 4.78 is 51.8. The van der Waals surface area contributed by atoms with Crippen LogP contribution in [0.3, 0.4) is 0 Å². The summed E-state index contributed by atoms with van der Waals surface area (Å²) in [4.78, 5) is 23.0. The summed E-state index contributed by atoms with van der Waals surface area (Å²) >= 11 is 0. The lowest BCUT2D eigenvalue weighted by Gasteiger charge is -2.29. The Morgan fingerprint density at radius 2 is 1.79 bits per heavy atom. The van der Waals surface area contributed by atoms with Crippen molar-refractivity contribution in [2.24, 2.45) is 0 Å². The zero-order valence-electron chi connectivity index (χ0n) is 15.9. The first-order chi connectivity index (χ1) is 13.9. The summed E-state index contributed by atoms with van der Waals surface area (Å²) in [6.45, 7) is 3.21. The molecule has 0 N–H and O–H groups in total. The van der Waals surface area contributed by atoms with Crippen LogP contribution in [0.4, 0.5) is 18.4 Å². The zero-order valence-corrected chi connectivity index (χ0v) is 15.9. The molecule has 0 saturated heterocycles. The Balaban J connectivity index is 2.10. The Hall–Kier alpha value is -3.12. The smallest absolute Gasteiger partial charge is 0.435 e. The van der Waals surface area contributed by atoms with E-state index < -0.39 is 42.3 Å². The number of carbonyl (C=O) groups is 2. The van der Waals surface area contributed by atoms with Gasteiger partial charge in [-0.2, -0.15) is 0 Å². The molecular weight excluding hydrogens is 390 g/mol. The van der Waals surface area contributed by atoms with Crippen LogP contribution in [0, 0.1) is 23.5 Å². The van der Waals surface area contributed by atoms with Gasteiger partial charge in [0.2, 0.25) is 0 Å². The molecule has 0 bridgehead atoms. The Bertz CT molecular complexity index is 813. The normalized spacial score (nSPS) is 20.2. The summed E-state index contributed by atoms with van der Waals surface area (Å²) in [5.41, 5.74) is -0.00683. The van der Waals surface area contributed by atoms with Gasteiger partial charge in [0.1, 0.15) is 30.4 Å². The van der Waals surface area contributed by atoms with Gasteiger partial charge in [-0.1, -0.05) is 11.8 Å². The third kappa shape index (κ3) is 7.08. The van der Waals surface area contributed by atoms with Crippen LogP contribution in [-0.4, -0.2) is 50.4 Å². The minimum Gasteiger partial charge on any atom is -0.435 e. The average molecular weight is 410 g/mol. The molecule has 29 heavy (non-hydrogen) atoms. The fourth-order valence-corrected chi connectivity index (χ4v) is 2.29. The lowest BCUT2D eigenvalue weighted by atomic mass is 10.1. The minimum atomic E-state index is -0.912. The lowest BCUT2D eigenvalue weighted by Crippen LogP contribution is -2.41. The number of rotatable bonds is 5. The van der Waals surface area contributed by atoms with E-state index in [0.717, 1.165) is 12.1 Å². The molecule has 0 aliphatic carbocycles. The standard InChI is InChI=1S/C20H20F2O7/c1-3-25-19(23)27-12-18-17(29-20(24)26-4-2)10-9-15(28-18)8-6-13-5-7-14(21)11-16(13)22/h5,7,9-11,15,17-18H,3-4,12H2,1-2H3/t15-,17+,18-/m1/s1. The van der Waals surface area contributed by atoms with Gasteiger partial charge in [0.05, 0.1) is 18.8 Å². The minimum absolute atomic E-state index is 0.00683. The van der Waals surface area contributed by atoms with Crippen LogP contribution in [-0.2, 0) is 23.7 Å². The van der Waals surface area contributed by atoms with E-state index in [1.807, 2.05) is 0 Å². The van der Waals surface area contributed by atoms with Crippen molar-refractivity contribution in [2.75, 3.05) is 19.8 Å². The largest absolute Gasteiger partial charge is 0.508 e. The number of halogens is 2. The maximum Gasteiger partial charge on any atom is 0.508 e. The number of carbonyl (C=O) groups excluding carboxylic acids is 2. The van der Waals surface area contributed by atoms with Gasteiger partial charge in [-0.3, -0.25) is 0 Å². The van der Waals surface area contributed by atoms with Crippen molar-refractivity contribution >= 4 is 12.3 Å². The van der Waals surface area contributed by atoms with Gasteiger partial charge in [0.25, 0.3) is 0 Å². The third-order valence-electron chi connectivity index (χ3n) is 3.57. The molecule has 0 spiro atoms. The van der Waals surface area contributed by atoms with Crippen LogP contribution >= 0.6 is 0 Å². The summed E-state index contributed by atoms with van der Waals surface area (Å²) in [5.74, 6) is 3.72. The Morgan fingerprint density at radius 3 is 2.48 bits per heavy atom. The number of hydrogen-bond acceptors (Lipinski definition) is 7. The molecule has 1 heterocycles. The molecule has 156 valence electrons. The summed E-state index contributed by atoms with van der Waals surface area (Å²) in [6.07, 6.45) is -1.42. The van der Waals surface area contributed by atoms with Gasteiger partial charge in [0, 0.05) is 6.07 Å².